The lowest BCUT2D eigenvalue weighted by molar-refractivity contribution is -0.120. The number of nitrogens with one attached hydrogen (secondary N) is 1. The van der Waals surface area contributed by atoms with Gasteiger partial charge in [-0.1, -0.05) is 24.6 Å². The quantitative estimate of drug-likeness (QED) is 0.772. The average Bonchev–Trinajstić information content (AvgIpc) is 3.04. The van der Waals surface area contributed by atoms with Crippen LogP contribution in [0, 0.1) is 6.92 Å². The van der Waals surface area contributed by atoms with E-state index >= 15 is 0 Å². The van der Waals surface area contributed by atoms with Gasteiger partial charge in [-0.3, -0.25) is 4.79 Å². The Bertz CT molecular complexity index is 1000. The number of benzene rings is 1. The molecule has 152 valence electrons. The number of carbonyl (C=O) groups is 1. The Morgan fingerprint density at radius 2 is 2.07 bits per heavy atom. The van der Waals surface area contributed by atoms with Gasteiger partial charge in [0.15, 0.2) is 0 Å². The average molecular weight is 425 g/mol. The third kappa shape index (κ3) is 3.94. The van der Waals surface area contributed by atoms with Gasteiger partial charge in [-0.2, -0.15) is 4.31 Å². The minimum atomic E-state index is -3.65. The molecule has 0 unspecified atom stereocenters. The summed E-state index contributed by atoms with van der Waals surface area (Å²) in [5.41, 5.74) is 2.62. The molecule has 1 aromatic heterocycles. The van der Waals surface area contributed by atoms with Gasteiger partial charge in [0.25, 0.3) is 0 Å². The second-order valence-electron chi connectivity index (χ2n) is 6.80. The molecule has 0 radical (unpaired) electrons. The molecular formula is C19H25ClN4O3S. The Kier molecular flexibility index (Phi) is 6.12. The molecule has 0 spiro atoms. The predicted octanol–water partition coefficient (Wildman–Crippen LogP) is 2.64. The molecule has 2 aromatic rings. The molecule has 0 saturated heterocycles. The monoisotopic (exact) mass is 424 g/mol. The molecule has 9 heteroatoms. The molecule has 0 atom stereocenters. The van der Waals surface area contributed by atoms with Crippen molar-refractivity contribution in [3.05, 3.63) is 46.0 Å². The molecule has 3 rings (SSSR count). The summed E-state index contributed by atoms with van der Waals surface area (Å²) in [4.78, 5) is 16.4. The molecule has 1 aromatic carbocycles. The van der Waals surface area contributed by atoms with Gasteiger partial charge in [0.1, 0.15) is 5.82 Å². The first kappa shape index (κ1) is 20.8. The van der Waals surface area contributed by atoms with E-state index in [0.29, 0.717) is 37.5 Å². The summed E-state index contributed by atoms with van der Waals surface area (Å²) in [6, 6.07) is 4.81. The van der Waals surface area contributed by atoms with E-state index in [0.717, 1.165) is 22.8 Å². The van der Waals surface area contributed by atoms with Gasteiger partial charge in [0.2, 0.25) is 15.9 Å². The van der Waals surface area contributed by atoms with E-state index in [9.17, 15) is 13.2 Å². The molecule has 0 saturated carbocycles. The number of halogens is 1. The van der Waals surface area contributed by atoms with Gasteiger partial charge < -0.3 is 9.88 Å². The van der Waals surface area contributed by atoms with Crippen LogP contribution in [0.4, 0.5) is 0 Å². The van der Waals surface area contributed by atoms with Gasteiger partial charge in [0, 0.05) is 31.0 Å². The van der Waals surface area contributed by atoms with Crippen LogP contribution >= 0.6 is 11.6 Å². The maximum Gasteiger partial charge on any atom is 0.243 e. The number of sulfonamides is 1. The van der Waals surface area contributed by atoms with Crippen LogP contribution in [0.15, 0.2) is 23.1 Å². The Hall–Kier alpha value is -1.90. The Morgan fingerprint density at radius 3 is 2.71 bits per heavy atom. The van der Waals surface area contributed by atoms with Crippen LogP contribution in [0.2, 0.25) is 5.02 Å². The number of aryl methyl sites for hydroxylation is 1. The molecule has 7 nitrogen and oxygen atoms in total. The van der Waals surface area contributed by atoms with Crippen molar-refractivity contribution in [1.29, 1.82) is 0 Å². The second-order valence-corrected chi connectivity index (χ2v) is 9.14. The molecule has 1 amide bonds. The molecule has 0 aliphatic carbocycles. The maximum absolute atomic E-state index is 13.1. The molecule has 0 fully saturated rings. The zero-order valence-corrected chi connectivity index (χ0v) is 17.9. The van der Waals surface area contributed by atoms with E-state index in [2.05, 4.69) is 10.3 Å². The summed E-state index contributed by atoms with van der Waals surface area (Å²) in [6.07, 6.45) is 0.952. The lowest BCUT2D eigenvalue weighted by Gasteiger charge is -2.27. The number of nitrogens with zero attached hydrogens (tertiary/aromatic N) is 3. The highest BCUT2D eigenvalue weighted by molar-refractivity contribution is 7.89. The fourth-order valence-electron chi connectivity index (χ4n) is 3.34. The highest BCUT2D eigenvalue weighted by atomic mass is 35.5. The number of amides is 1. The number of carbonyl (C=O) groups excluding carboxylic acids is 1. The topological polar surface area (TPSA) is 84.3 Å². The maximum atomic E-state index is 13.1. The number of rotatable bonds is 6. The smallest absolute Gasteiger partial charge is 0.243 e. The van der Waals surface area contributed by atoms with Crippen molar-refractivity contribution in [3.63, 3.8) is 0 Å². The summed E-state index contributed by atoms with van der Waals surface area (Å²) in [6.45, 7) is 7.24. The van der Waals surface area contributed by atoms with Crippen LogP contribution in [-0.4, -0.2) is 34.7 Å². The highest BCUT2D eigenvalue weighted by Crippen LogP contribution is 2.28. The fourth-order valence-corrected chi connectivity index (χ4v) is 5.02. The van der Waals surface area contributed by atoms with Gasteiger partial charge in [-0.15, -0.1) is 0 Å². The summed E-state index contributed by atoms with van der Waals surface area (Å²) >= 11 is 6.13. The van der Waals surface area contributed by atoms with Gasteiger partial charge in [0.05, 0.1) is 29.4 Å². The standard InChI is InChI=1S/C19H25ClN4O3S/c1-4-19(25)21-11-18-22-16-8-9-23(12-17(16)24(18)5-2)28(26,27)14-7-6-13(3)15(20)10-14/h6-7,10H,4-5,8-9,11-12H2,1-3H3,(H,21,25). The molecule has 1 aliphatic rings. The normalized spacial score (nSPS) is 14.7. The number of hydrogen-bond acceptors (Lipinski definition) is 4. The highest BCUT2D eigenvalue weighted by Gasteiger charge is 2.32. The molecule has 2 heterocycles. The SMILES string of the molecule is CCC(=O)NCc1nc2c(n1CC)CN(S(=O)(=O)c1ccc(C)c(Cl)c1)CC2. The molecule has 0 bridgehead atoms. The van der Waals surface area contributed by atoms with Crippen molar-refractivity contribution in [3.8, 4) is 0 Å². The van der Waals surface area contributed by atoms with E-state index in [4.69, 9.17) is 11.6 Å². The minimum absolute atomic E-state index is 0.0379. The Labute approximate surface area is 170 Å². The summed E-state index contributed by atoms with van der Waals surface area (Å²) in [5.74, 6) is 0.719. The van der Waals surface area contributed by atoms with Crippen LogP contribution in [-0.2, 0) is 40.9 Å². The van der Waals surface area contributed by atoms with Crippen LogP contribution in [0.1, 0.15) is 43.0 Å². The first-order chi connectivity index (χ1) is 13.3. The fraction of sp³-hybridized carbons (Fsp3) is 0.474. The first-order valence-corrected chi connectivity index (χ1v) is 11.2. The predicted molar refractivity (Wildman–Crippen MR) is 108 cm³/mol. The van der Waals surface area contributed by atoms with Crippen LogP contribution in [0.25, 0.3) is 0 Å². The number of aromatic nitrogens is 2. The Morgan fingerprint density at radius 1 is 1.32 bits per heavy atom. The van der Waals surface area contributed by atoms with Crippen LogP contribution in [0.5, 0.6) is 0 Å². The van der Waals surface area contributed by atoms with Gasteiger partial charge in [-0.25, -0.2) is 13.4 Å². The largest absolute Gasteiger partial charge is 0.349 e. The van der Waals surface area contributed by atoms with E-state index < -0.39 is 10.0 Å². The van der Waals surface area contributed by atoms with Crippen molar-refractivity contribution in [2.75, 3.05) is 6.54 Å². The second kappa shape index (κ2) is 8.23. The van der Waals surface area contributed by atoms with E-state index in [1.165, 1.54) is 10.4 Å². The minimum Gasteiger partial charge on any atom is -0.349 e. The third-order valence-corrected chi connectivity index (χ3v) is 7.27. The van der Waals surface area contributed by atoms with Crippen molar-refractivity contribution in [1.82, 2.24) is 19.2 Å². The summed E-state index contributed by atoms with van der Waals surface area (Å²) in [7, 11) is -3.65. The first-order valence-electron chi connectivity index (χ1n) is 9.38. The lowest BCUT2D eigenvalue weighted by Crippen LogP contribution is -2.36. The van der Waals surface area contributed by atoms with Crippen molar-refractivity contribution in [2.24, 2.45) is 0 Å². The molecule has 28 heavy (non-hydrogen) atoms. The molecule has 1 aliphatic heterocycles. The van der Waals surface area contributed by atoms with Crippen LogP contribution < -0.4 is 5.32 Å². The summed E-state index contributed by atoms with van der Waals surface area (Å²) in [5, 5.41) is 3.28. The third-order valence-electron chi connectivity index (χ3n) is 5.02. The van der Waals surface area contributed by atoms with Gasteiger partial charge >= 0.3 is 0 Å². The lowest BCUT2D eigenvalue weighted by atomic mass is 10.2. The molecule has 1 N–H and O–H groups in total. The zero-order valence-electron chi connectivity index (χ0n) is 16.3. The number of hydrogen-bond donors (Lipinski definition) is 1. The van der Waals surface area contributed by atoms with Crippen molar-refractivity contribution < 1.29 is 13.2 Å². The van der Waals surface area contributed by atoms with E-state index in [1.54, 1.807) is 19.1 Å². The van der Waals surface area contributed by atoms with Crippen LogP contribution in [0.3, 0.4) is 0 Å². The molecular weight excluding hydrogens is 400 g/mol. The summed E-state index contributed by atoms with van der Waals surface area (Å²) < 4.78 is 29.7. The van der Waals surface area contributed by atoms with Crippen molar-refractivity contribution >= 4 is 27.5 Å². The Balaban J connectivity index is 1.88. The van der Waals surface area contributed by atoms with Crippen molar-refractivity contribution in [2.45, 2.75) is 58.1 Å². The van der Waals surface area contributed by atoms with E-state index in [1.807, 2.05) is 18.4 Å². The number of fused-ring (bicyclic) bond motifs is 1. The number of imidazole rings is 1. The van der Waals surface area contributed by atoms with Gasteiger partial charge in [-0.05, 0) is 31.5 Å². The zero-order chi connectivity index (χ0) is 20.5. The van der Waals surface area contributed by atoms with E-state index in [-0.39, 0.29) is 17.3 Å².